The third kappa shape index (κ3) is 3.37. The Labute approximate surface area is 149 Å². The van der Waals surface area contributed by atoms with E-state index in [9.17, 15) is 9.90 Å². The predicted molar refractivity (Wildman–Crippen MR) is 91.0 cm³/mol. The van der Waals surface area contributed by atoms with Crippen LogP contribution in [0, 0.1) is 11.8 Å². The van der Waals surface area contributed by atoms with Crippen LogP contribution in [0.5, 0.6) is 0 Å². The number of carbonyl (C=O) groups is 1. The van der Waals surface area contributed by atoms with E-state index in [1.54, 1.807) is 0 Å². The van der Waals surface area contributed by atoms with E-state index < -0.39 is 6.10 Å². The van der Waals surface area contributed by atoms with Crippen molar-refractivity contribution in [2.75, 3.05) is 32.8 Å². The van der Waals surface area contributed by atoms with Gasteiger partial charge in [-0.1, -0.05) is 6.08 Å². The van der Waals surface area contributed by atoms with Gasteiger partial charge in [0.05, 0.1) is 30.8 Å². The highest BCUT2D eigenvalue weighted by Gasteiger charge is 2.63. The number of carbonyl (C=O) groups excluding carboxylic acids is 1. The van der Waals surface area contributed by atoms with E-state index in [1.807, 2.05) is 6.92 Å². The van der Waals surface area contributed by atoms with Crippen LogP contribution in [0.3, 0.4) is 0 Å². The first kappa shape index (κ1) is 17.5. The van der Waals surface area contributed by atoms with Gasteiger partial charge in [-0.3, -0.25) is 9.69 Å². The largest absolute Gasteiger partial charge is 0.459 e. The summed E-state index contributed by atoms with van der Waals surface area (Å²) in [6, 6.07) is 0. The van der Waals surface area contributed by atoms with Gasteiger partial charge < -0.3 is 19.3 Å². The lowest BCUT2D eigenvalue weighted by Gasteiger charge is -2.31. The molecule has 6 unspecified atom stereocenters. The maximum Gasteiger partial charge on any atom is 0.311 e. The Balaban J connectivity index is 1.55. The van der Waals surface area contributed by atoms with Crippen molar-refractivity contribution < 1.29 is 24.1 Å². The number of aliphatic hydroxyl groups excluding tert-OH is 1. The molecule has 0 radical (unpaired) electrons. The second-order valence-corrected chi connectivity index (χ2v) is 8.17. The summed E-state index contributed by atoms with van der Waals surface area (Å²) in [5.41, 5.74) is 0.793. The molecule has 6 atom stereocenters. The number of nitrogens with zero attached hydrogens (tertiary/aromatic N) is 1. The van der Waals surface area contributed by atoms with E-state index in [2.05, 4.69) is 17.9 Å². The second-order valence-electron chi connectivity index (χ2n) is 8.17. The van der Waals surface area contributed by atoms with Gasteiger partial charge in [0, 0.05) is 25.6 Å². The van der Waals surface area contributed by atoms with Crippen LogP contribution in [0.1, 0.15) is 33.1 Å². The Kier molecular flexibility index (Phi) is 4.65. The van der Waals surface area contributed by atoms with Crippen LogP contribution in [0.2, 0.25) is 0 Å². The summed E-state index contributed by atoms with van der Waals surface area (Å²) < 4.78 is 17.2. The number of epoxide rings is 1. The SMILES string of the molecule is CC1=CCCC2(C)OC2C2OC(=O)C(CN3CCOCC3)C2CC1O. The Morgan fingerprint density at radius 2 is 2.12 bits per heavy atom. The Bertz CT molecular complexity index is 558. The predicted octanol–water partition coefficient (Wildman–Crippen LogP) is 1.12. The molecule has 0 aromatic heterocycles. The van der Waals surface area contributed by atoms with Gasteiger partial charge in [-0.05, 0) is 38.7 Å². The number of ether oxygens (including phenoxy) is 3. The maximum absolute atomic E-state index is 12.6. The molecule has 6 nitrogen and oxygen atoms in total. The molecule has 0 aromatic rings. The fourth-order valence-electron chi connectivity index (χ4n) is 4.61. The van der Waals surface area contributed by atoms with Crippen LogP contribution in [0.4, 0.5) is 0 Å². The van der Waals surface area contributed by atoms with E-state index in [0.29, 0.717) is 26.2 Å². The van der Waals surface area contributed by atoms with Crippen LogP contribution in [0.15, 0.2) is 11.6 Å². The van der Waals surface area contributed by atoms with E-state index in [1.165, 1.54) is 0 Å². The Morgan fingerprint density at radius 3 is 2.88 bits per heavy atom. The molecule has 0 spiro atoms. The first-order valence-corrected chi connectivity index (χ1v) is 9.51. The molecule has 6 heteroatoms. The fourth-order valence-corrected chi connectivity index (χ4v) is 4.61. The van der Waals surface area contributed by atoms with E-state index in [4.69, 9.17) is 14.2 Å². The van der Waals surface area contributed by atoms with Crippen molar-refractivity contribution in [3.05, 3.63) is 11.6 Å². The Morgan fingerprint density at radius 1 is 1.36 bits per heavy atom. The van der Waals surface area contributed by atoms with E-state index in [-0.39, 0.29) is 35.6 Å². The third-order valence-electron chi connectivity index (χ3n) is 6.42. The standard InChI is InChI=1S/C19H29NO5/c1-12-4-3-5-19(2)17(25-19)16-13(10-15(12)21)14(18(22)24-16)11-20-6-8-23-9-7-20/h4,13-17,21H,3,5-11H2,1-2H3. The van der Waals surface area contributed by atoms with Crippen molar-refractivity contribution in [1.29, 1.82) is 0 Å². The van der Waals surface area contributed by atoms with Crippen LogP contribution in [-0.2, 0) is 19.0 Å². The highest BCUT2D eigenvalue weighted by atomic mass is 16.6. The zero-order valence-electron chi connectivity index (χ0n) is 15.1. The lowest BCUT2D eigenvalue weighted by atomic mass is 9.79. The average molecular weight is 351 g/mol. The van der Waals surface area contributed by atoms with Gasteiger partial charge in [0.25, 0.3) is 0 Å². The zero-order chi connectivity index (χ0) is 17.6. The van der Waals surface area contributed by atoms with Crippen molar-refractivity contribution in [2.24, 2.45) is 11.8 Å². The number of hydrogen-bond donors (Lipinski definition) is 1. The number of morpholine rings is 1. The average Bonchev–Trinajstić information content (AvgIpc) is 3.17. The molecule has 0 amide bonds. The summed E-state index contributed by atoms with van der Waals surface area (Å²) in [5, 5.41) is 10.6. The molecule has 3 heterocycles. The Hall–Kier alpha value is -0.950. The minimum absolute atomic E-state index is 0.00128. The van der Waals surface area contributed by atoms with Gasteiger partial charge in [-0.15, -0.1) is 0 Å². The van der Waals surface area contributed by atoms with Crippen molar-refractivity contribution in [1.82, 2.24) is 4.90 Å². The molecule has 1 N–H and O–H groups in total. The number of aliphatic hydroxyl groups is 1. The van der Waals surface area contributed by atoms with Gasteiger partial charge in [0.15, 0.2) is 0 Å². The van der Waals surface area contributed by atoms with Crippen LogP contribution in [-0.4, -0.2) is 72.7 Å². The molecular formula is C19H29NO5. The molecule has 140 valence electrons. The molecule has 1 aliphatic carbocycles. The smallest absolute Gasteiger partial charge is 0.311 e. The van der Waals surface area contributed by atoms with Crippen LogP contribution < -0.4 is 0 Å². The quantitative estimate of drug-likeness (QED) is 0.457. The topological polar surface area (TPSA) is 71.5 Å². The lowest BCUT2D eigenvalue weighted by molar-refractivity contribution is -0.145. The van der Waals surface area contributed by atoms with Crippen molar-refractivity contribution >= 4 is 5.97 Å². The van der Waals surface area contributed by atoms with Crippen LogP contribution in [0.25, 0.3) is 0 Å². The second kappa shape index (κ2) is 6.65. The van der Waals surface area contributed by atoms with Crippen molar-refractivity contribution in [3.63, 3.8) is 0 Å². The number of hydrogen-bond acceptors (Lipinski definition) is 6. The molecule has 25 heavy (non-hydrogen) atoms. The highest BCUT2D eigenvalue weighted by molar-refractivity contribution is 5.76. The van der Waals surface area contributed by atoms with Gasteiger partial charge in [-0.2, -0.15) is 0 Å². The molecule has 4 rings (SSSR count). The van der Waals surface area contributed by atoms with Gasteiger partial charge >= 0.3 is 5.97 Å². The maximum atomic E-state index is 12.6. The number of esters is 1. The molecule has 4 aliphatic rings. The normalized spacial score (nSPS) is 45.2. The molecular weight excluding hydrogens is 322 g/mol. The van der Waals surface area contributed by atoms with E-state index in [0.717, 1.165) is 31.5 Å². The minimum atomic E-state index is -0.516. The van der Waals surface area contributed by atoms with Gasteiger partial charge in [0.2, 0.25) is 0 Å². The summed E-state index contributed by atoms with van der Waals surface area (Å²) in [4.78, 5) is 14.9. The summed E-state index contributed by atoms with van der Waals surface area (Å²) in [5.74, 6) is -0.329. The number of fused-ring (bicyclic) bond motifs is 3. The molecule has 0 saturated carbocycles. The first-order valence-electron chi connectivity index (χ1n) is 9.51. The zero-order valence-corrected chi connectivity index (χ0v) is 15.1. The summed E-state index contributed by atoms with van der Waals surface area (Å²) >= 11 is 0. The van der Waals surface area contributed by atoms with Gasteiger partial charge in [-0.25, -0.2) is 0 Å². The summed E-state index contributed by atoms with van der Waals surface area (Å²) in [6.45, 7) is 7.89. The summed E-state index contributed by atoms with van der Waals surface area (Å²) in [7, 11) is 0. The van der Waals surface area contributed by atoms with E-state index >= 15 is 0 Å². The van der Waals surface area contributed by atoms with Crippen molar-refractivity contribution in [3.8, 4) is 0 Å². The highest BCUT2D eigenvalue weighted by Crippen LogP contribution is 2.50. The first-order chi connectivity index (χ1) is 12.0. The lowest BCUT2D eigenvalue weighted by Crippen LogP contribution is -2.43. The molecule has 3 saturated heterocycles. The fraction of sp³-hybridized carbons (Fsp3) is 0.842. The molecule has 0 aromatic carbocycles. The van der Waals surface area contributed by atoms with Gasteiger partial charge in [0.1, 0.15) is 12.2 Å². The molecule has 0 bridgehead atoms. The summed E-state index contributed by atoms with van der Waals surface area (Å²) in [6.07, 6.45) is 3.68. The molecule has 3 aliphatic heterocycles. The minimum Gasteiger partial charge on any atom is -0.459 e. The monoisotopic (exact) mass is 351 g/mol. The number of allylic oxidation sites excluding steroid dienone is 1. The number of rotatable bonds is 2. The van der Waals surface area contributed by atoms with Crippen molar-refractivity contribution in [2.45, 2.75) is 57.0 Å². The van der Waals surface area contributed by atoms with Crippen LogP contribution >= 0.6 is 0 Å². The molecule has 3 fully saturated rings. The third-order valence-corrected chi connectivity index (χ3v) is 6.42.